The Labute approximate surface area is 200 Å². The van der Waals surface area contributed by atoms with Crippen LogP contribution in [0.4, 0.5) is 10.6 Å². The predicted octanol–water partition coefficient (Wildman–Crippen LogP) is 2.61. The molecule has 10 nitrogen and oxygen atoms in total. The average Bonchev–Trinajstić information content (AvgIpc) is 3.33. The van der Waals surface area contributed by atoms with Crippen molar-refractivity contribution in [2.24, 2.45) is 17.8 Å². The van der Waals surface area contributed by atoms with E-state index in [0.717, 1.165) is 25.7 Å². The van der Waals surface area contributed by atoms with Gasteiger partial charge in [-0.3, -0.25) is 4.79 Å². The van der Waals surface area contributed by atoms with Crippen LogP contribution in [0.25, 0.3) is 6.20 Å². The Bertz CT molecular complexity index is 984. The van der Waals surface area contributed by atoms with Crippen molar-refractivity contribution in [3.05, 3.63) is 17.8 Å². The number of methoxy groups -OCH3 is 1. The van der Waals surface area contributed by atoms with Crippen molar-refractivity contribution < 1.29 is 19.4 Å². The molecule has 4 aliphatic carbocycles. The minimum atomic E-state index is -0.707. The van der Waals surface area contributed by atoms with Crippen LogP contribution in [-0.4, -0.2) is 63.4 Å². The molecule has 10 heteroatoms. The Hall–Kier alpha value is -2.88. The summed E-state index contributed by atoms with van der Waals surface area (Å²) < 4.78 is 6.25. The van der Waals surface area contributed by atoms with Crippen molar-refractivity contribution in [1.29, 1.82) is 5.41 Å². The van der Waals surface area contributed by atoms with Crippen LogP contribution in [0.2, 0.25) is 0 Å². The Morgan fingerprint density at radius 3 is 2.79 bits per heavy atom. The van der Waals surface area contributed by atoms with Gasteiger partial charge in [0.1, 0.15) is 11.4 Å². The molecule has 1 aromatic heterocycles. The van der Waals surface area contributed by atoms with E-state index in [1.165, 1.54) is 19.5 Å². The van der Waals surface area contributed by atoms with Crippen molar-refractivity contribution in [3.63, 3.8) is 0 Å². The Balaban J connectivity index is 1.54. The fourth-order valence-electron chi connectivity index (χ4n) is 6.08. The van der Waals surface area contributed by atoms with Crippen LogP contribution in [0, 0.1) is 23.2 Å². The van der Waals surface area contributed by atoms with Crippen molar-refractivity contribution in [2.45, 2.75) is 76.1 Å². The van der Waals surface area contributed by atoms with E-state index in [-0.39, 0.29) is 18.0 Å². The summed E-state index contributed by atoms with van der Waals surface area (Å²) in [7, 11) is 1.31. The van der Waals surface area contributed by atoms with Crippen LogP contribution in [0.5, 0.6) is 0 Å². The number of ether oxygens (including phenoxy) is 1. The highest BCUT2D eigenvalue weighted by Crippen LogP contribution is 2.59. The molecule has 4 unspecified atom stereocenters. The minimum absolute atomic E-state index is 0.0780. The number of carbonyl (C=O) groups excluding carboxylic acids is 2. The van der Waals surface area contributed by atoms with E-state index in [1.807, 2.05) is 20.8 Å². The highest BCUT2D eigenvalue weighted by atomic mass is 16.5. The van der Waals surface area contributed by atoms with Gasteiger partial charge in [0, 0.05) is 24.7 Å². The molecular formula is C24H36N6O4. The molecule has 5 rings (SSSR count). The highest BCUT2D eigenvalue weighted by molar-refractivity contribution is 5.99. The average molecular weight is 473 g/mol. The summed E-state index contributed by atoms with van der Waals surface area (Å²) >= 11 is 0. The monoisotopic (exact) mass is 472 g/mol. The SMILES string of the molecule is COC(=O)NC(C)(C)/C=C/n1ncc(C(=O)N[C@H]2C3CC4C[C@](O)(C3)CC42)c1NC(C)CC=N. The number of aromatic nitrogens is 2. The molecule has 4 saturated carbocycles. The number of hydrogen-bond donors (Lipinski definition) is 5. The molecule has 1 aromatic rings. The van der Waals surface area contributed by atoms with Gasteiger partial charge in [0.2, 0.25) is 0 Å². The van der Waals surface area contributed by atoms with E-state index in [2.05, 4.69) is 25.8 Å². The fraction of sp³-hybridized carbons (Fsp3) is 0.667. The van der Waals surface area contributed by atoms with Crippen LogP contribution in [0.3, 0.4) is 0 Å². The summed E-state index contributed by atoms with van der Waals surface area (Å²) in [5, 5.41) is 31.8. The van der Waals surface area contributed by atoms with Gasteiger partial charge in [0.25, 0.3) is 5.91 Å². The first-order valence-corrected chi connectivity index (χ1v) is 12.0. The Morgan fingerprint density at radius 1 is 1.38 bits per heavy atom. The number of anilines is 1. The number of rotatable bonds is 9. The Kier molecular flexibility index (Phi) is 6.46. The van der Waals surface area contributed by atoms with E-state index in [4.69, 9.17) is 5.41 Å². The standard InChI is InChI=1S/C24H36N6O4/c1-14(5-7-25)27-20-18(13-26-30(20)8-6-23(2,3)29-22(32)34-4)21(31)28-19-16-9-15-10-24(33,11-16)12-17(15)19/h6-8,13-17,19,25,27,33H,5,9-12H2,1-4H3,(H,28,31)(H,29,32)/b8-6+,25-7?/t14?,15?,16?,17?,19-,24-/m0/s1. The molecule has 1 heterocycles. The molecule has 0 aromatic carbocycles. The van der Waals surface area contributed by atoms with Crippen molar-refractivity contribution in [1.82, 2.24) is 20.4 Å². The van der Waals surface area contributed by atoms with Crippen LogP contribution in [0.1, 0.15) is 63.2 Å². The van der Waals surface area contributed by atoms with Crippen molar-refractivity contribution in [3.8, 4) is 0 Å². The van der Waals surface area contributed by atoms with Gasteiger partial charge in [0.15, 0.2) is 0 Å². The first-order valence-electron chi connectivity index (χ1n) is 12.0. The first kappa shape index (κ1) is 24.3. The molecule has 4 fully saturated rings. The number of hydrogen-bond acceptors (Lipinski definition) is 7. The van der Waals surface area contributed by atoms with Gasteiger partial charge >= 0.3 is 6.09 Å². The molecule has 0 radical (unpaired) electrons. The number of nitrogens with zero attached hydrogens (tertiary/aromatic N) is 2. The number of carbonyl (C=O) groups is 2. The van der Waals surface area contributed by atoms with Crippen LogP contribution in [0.15, 0.2) is 12.3 Å². The summed E-state index contributed by atoms with van der Waals surface area (Å²) in [6.45, 7) is 5.58. The summed E-state index contributed by atoms with van der Waals surface area (Å²) in [4.78, 5) is 25.0. The molecule has 6 atom stereocenters. The Morgan fingerprint density at radius 2 is 2.12 bits per heavy atom. The number of nitrogens with one attached hydrogen (secondary N) is 4. The van der Waals surface area contributed by atoms with E-state index in [9.17, 15) is 14.7 Å². The van der Waals surface area contributed by atoms with E-state index >= 15 is 0 Å². The van der Waals surface area contributed by atoms with Crippen LogP contribution >= 0.6 is 0 Å². The van der Waals surface area contributed by atoms with Gasteiger partial charge in [-0.1, -0.05) is 0 Å². The molecule has 0 aliphatic heterocycles. The van der Waals surface area contributed by atoms with E-state index in [1.54, 1.807) is 17.0 Å². The van der Waals surface area contributed by atoms with Crippen molar-refractivity contribution in [2.75, 3.05) is 12.4 Å². The lowest BCUT2D eigenvalue weighted by molar-refractivity contribution is -0.0192. The van der Waals surface area contributed by atoms with Crippen LogP contribution < -0.4 is 16.0 Å². The summed E-state index contributed by atoms with van der Waals surface area (Å²) in [6.07, 6.45) is 9.74. The number of alkyl carbamates (subject to hydrolysis) is 1. The molecule has 186 valence electrons. The molecule has 4 bridgehead atoms. The van der Waals surface area contributed by atoms with Crippen molar-refractivity contribution >= 4 is 30.2 Å². The lowest BCUT2D eigenvalue weighted by Gasteiger charge is -2.38. The zero-order chi connectivity index (χ0) is 24.7. The molecule has 4 aliphatic rings. The topological polar surface area (TPSA) is 141 Å². The second-order valence-corrected chi connectivity index (χ2v) is 10.7. The second-order valence-electron chi connectivity index (χ2n) is 10.7. The molecule has 0 saturated heterocycles. The smallest absolute Gasteiger partial charge is 0.407 e. The summed E-state index contributed by atoms with van der Waals surface area (Å²) in [5.74, 6) is 1.49. The molecule has 2 amide bonds. The van der Waals surface area contributed by atoms with E-state index in [0.29, 0.717) is 35.6 Å². The third kappa shape index (κ3) is 4.82. The third-order valence-electron chi connectivity index (χ3n) is 7.51. The lowest BCUT2D eigenvalue weighted by atomic mass is 9.76. The largest absolute Gasteiger partial charge is 0.453 e. The zero-order valence-corrected chi connectivity index (χ0v) is 20.3. The second kappa shape index (κ2) is 9.05. The zero-order valence-electron chi connectivity index (χ0n) is 20.3. The van der Waals surface area contributed by atoms with Gasteiger partial charge in [-0.2, -0.15) is 5.10 Å². The molecule has 34 heavy (non-hydrogen) atoms. The first-order chi connectivity index (χ1) is 16.0. The third-order valence-corrected chi connectivity index (χ3v) is 7.51. The quantitative estimate of drug-likeness (QED) is 0.350. The molecule has 0 spiro atoms. The molecular weight excluding hydrogens is 436 g/mol. The van der Waals surface area contributed by atoms with E-state index < -0.39 is 17.2 Å². The summed E-state index contributed by atoms with van der Waals surface area (Å²) in [6, 6.07) is -0.00404. The van der Waals surface area contributed by atoms with Gasteiger partial charge in [-0.25, -0.2) is 9.48 Å². The van der Waals surface area contributed by atoms with Gasteiger partial charge in [-0.05, 0) is 76.5 Å². The maximum Gasteiger partial charge on any atom is 0.407 e. The fourth-order valence-corrected chi connectivity index (χ4v) is 6.08. The highest BCUT2D eigenvalue weighted by Gasteiger charge is 2.60. The van der Waals surface area contributed by atoms with Crippen LogP contribution in [-0.2, 0) is 4.74 Å². The predicted molar refractivity (Wildman–Crippen MR) is 129 cm³/mol. The number of amides is 2. The minimum Gasteiger partial charge on any atom is -0.453 e. The van der Waals surface area contributed by atoms with Gasteiger partial charge < -0.3 is 31.2 Å². The summed E-state index contributed by atoms with van der Waals surface area (Å²) in [5.41, 5.74) is -0.812. The normalized spacial score (nSPS) is 30.4. The number of aliphatic hydroxyl groups is 1. The van der Waals surface area contributed by atoms with Gasteiger partial charge in [-0.15, -0.1) is 0 Å². The maximum absolute atomic E-state index is 13.4. The van der Waals surface area contributed by atoms with Gasteiger partial charge in [0.05, 0.1) is 24.4 Å². The lowest BCUT2D eigenvalue weighted by Crippen LogP contribution is -2.48. The maximum atomic E-state index is 13.4. The molecule has 5 N–H and O–H groups in total.